The molecule has 2 amide bonds. The number of nitrogen functional groups attached to an aromatic ring is 2. The number of anilines is 2. The van der Waals surface area contributed by atoms with Crippen LogP contribution < -0.4 is 22.1 Å². The van der Waals surface area contributed by atoms with Gasteiger partial charge in [0.05, 0.1) is 11.1 Å². The number of hydrogen-bond donors (Lipinski definition) is 4. The Kier molecular flexibility index (Phi) is 7.26. The minimum Gasteiger partial charge on any atom is -0.456 e. The van der Waals surface area contributed by atoms with Gasteiger partial charge in [0.1, 0.15) is 9.30 Å². The molecule has 0 unspecified atom stereocenters. The average Bonchev–Trinajstić information content (AvgIpc) is 3.22. The van der Waals surface area contributed by atoms with E-state index in [0.717, 1.165) is 0 Å². The van der Waals surface area contributed by atoms with E-state index in [2.05, 4.69) is 25.6 Å². The lowest BCUT2D eigenvalue weighted by Gasteiger charge is -2.38. The van der Waals surface area contributed by atoms with Crippen molar-refractivity contribution in [2.45, 2.75) is 44.8 Å². The Morgan fingerprint density at radius 2 is 1.68 bits per heavy atom. The van der Waals surface area contributed by atoms with Crippen molar-refractivity contribution in [2.24, 2.45) is 4.99 Å². The molecule has 0 saturated carbocycles. The van der Waals surface area contributed by atoms with Gasteiger partial charge in [0, 0.05) is 25.2 Å². The number of nitrogens with zero attached hydrogens (tertiary/aromatic N) is 4. The first-order valence-corrected chi connectivity index (χ1v) is 12.8. The summed E-state index contributed by atoms with van der Waals surface area (Å²) in [6.07, 6.45) is 1.33. The zero-order valence-electron chi connectivity index (χ0n) is 20.8. The fourth-order valence-electron chi connectivity index (χ4n) is 4.12. The fourth-order valence-corrected chi connectivity index (χ4v) is 4.48. The molecular formula is C24H29IN8O4. The largest absolute Gasteiger partial charge is 0.456 e. The van der Waals surface area contributed by atoms with Gasteiger partial charge in [-0.15, -0.1) is 0 Å². The van der Waals surface area contributed by atoms with Crippen LogP contribution in [-0.4, -0.2) is 69.4 Å². The van der Waals surface area contributed by atoms with Crippen LogP contribution in [0.5, 0.6) is 0 Å². The number of benzene rings is 1. The Morgan fingerprint density at radius 3 is 2.30 bits per heavy atom. The van der Waals surface area contributed by atoms with E-state index in [1.165, 1.54) is 0 Å². The summed E-state index contributed by atoms with van der Waals surface area (Å²) in [4.78, 5) is 51.8. The monoisotopic (exact) mass is 620 g/mol. The van der Waals surface area contributed by atoms with Gasteiger partial charge < -0.3 is 31.7 Å². The van der Waals surface area contributed by atoms with Crippen LogP contribution in [0.4, 0.5) is 11.6 Å². The molecule has 0 aliphatic carbocycles. The Balaban J connectivity index is 1.35. The van der Waals surface area contributed by atoms with Crippen molar-refractivity contribution < 1.29 is 19.1 Å². The second-order valence-electron chi connectivity index (χ2n) is 10.0. The topological polar surface area (TPSA) is 178 Å². The van der Waals surface area contributed by atoms with E-state index < -0.39 is 17.5 Å². The molecule has 196 valence electrons. The van der Waals surface area contributed by atoms with E-state index in [0.29, 0.717) is 53.3 Å². The third-order valence-corrected chi connectivity index (χ3v) is 6.87. The van der Waals surface area contributed by atoms with Crippen molar-refractivity contribution in [1.82, 2.24) is 25.5 Å². The molecule has 6 N–H and O–H groups in total. The van der Waals surface area contributed by atoms with Gasteiger partial charge in [-0.2, -0.15) is 4.99 Å². The summed E-state index contributed by atoms with van der Waals surface area (Å²) >= 11 is 1.88. The van der Waals surface area contributed by atoms with E-state index in [1.807, 2.05) is 22.6 Å². The van der Waals surface area contributed by atoms with Crippen molar-refractivity contribution in [3.63, 3.8) is 0 Å². The summed E-state index contributed by atoms with van der Waals surface area (Å²) in [7, 11) is 0. The molecule has 2 aliphatic rings. The molecule has 1 aromatic carbocycles. The maximum Gasteiger partial charge on any atom is 0.338 e. The number of likely N-dealkylation sites (tertiary alicyclic amines) is 1. The van der Waals surface area contributed by atoms with Crippen LogP contribution in [0, 0.1) is 3.70 Å². The van der Waals surface area contributed by atoms with Gasteiger partial charge in [0.25, 0.3) is 5.91 Å². The quantitative estimate of drug-likeness (QED) is 0.291. The zero-order chi connectivity index (χ0) is 27.0. The molecule has 2 saturated heterocycles. The van der Waals surface area contributed by atoms with Gasteiger partial charge in [-0.3, -0.25) is 9.59 Å². The van der Waals surface area contributed by atoms with Gasteiger partial charge in [0.15, 0.2) is 23.3 Å². The normalized spacial score (nSPS) is 17.8. The highest BCUT2D eigenvalue weighted by Crippen LogP contribution is 2.26. The van der Waals surface area contributed by atoms with Crippen LogP contribution in [0.25, 0.3) is 0 Å². The molecule has 2 aliphatic heterocycles. The van der Waals surface area contributed by atoms with Crippen molar-refractivity contribution >= 4 is 58.0 Å². The third kappa shape index (κ3) is 6.09. The van der Waals surface area contributed by atoms with Crippen molar-refractivity contribution in [3.05, 3.63) is 44.8 Å². The number of amides is 2. The van der Waals surface area contributed by atoms with Crippen molar-refractivity contribution in [1.29, 1.82) is 0 Å². The van der Waals surface area contributed by atoms with Crippen LogP contribution >= 0.6 is 22.6 Å². The SMILES string of the molecule is CC(C)(C)OC(=O)c1ccc(C(=O)N2CCC3(CC2)CN/C(=N\C(=O)c2nc(I)c(N)nc2N)N3)cc1. The molecule has 3 heterocycles. The maximum atomic E-state index is 13.0. The number of guanidine groups is 1. The van der Waals surface area contributed by atoms with Gasteiger partial charge in [-0.1, -0.05) is 0 Å². The first-order chi connectivity index (χ1) is 17.4. The van der Waals surface area contributed by atoms with Crippen LogP contribution in [-0.2, 0) is 4.74 Å². The fraction of sp³-hybridized carbons (Fsp3) is 0.417. The second kappa shape index (κ2) is 10.1. The summed E-state index contributed by atoms with van der Waals surface area (Å²) in [6.45, 7) is 7.02. The predicted molar refractivity (Wildman–Crippen MR) is 146 cm³/mol. The van der Waals surface area contributed by atoms with Gasteiger partial charge in [-0.25, -0.2) is 14.8 Å². The molecule has 2 fully saturated rings. The minimum absolute atomic E-state index is 0.0613. The molecule has 0 radical (unpaired) electrons. The summed E-state index contributed by atoms with van der Waals surface area (Å²) in [6, 6.07) is 6.50. The number of halogens is 1. The van der Waals surface area contributed by atoms with Crippen LogP contribution in [0.3, 0.4) is 0 Å². The number of carbonyl (C=O) groups excluding carboxylic acids is 3. The van der Waals surface area contributed by atoms with E-state index in [4.69, 9.17) is 16.2 Å². The number of piperidine rings is 1. The standard InChI is InChI=1S/C24H29IN8O4/c1-23(2,3)37-21(36)14-6-4-13(5-7-14)20(35)33-10-8-24(9-11-33)12-28-22(32-24)31-19(34)15-17(26)30-18(27)16(25)29-15/h4-7H,8-12H2,1-3H3,(H4,26,27,30)(H2,28,31,32,34). The number of carbonyl (C=O) groups is 3. The van der Waals surface area contributed by atoms with E-state index in [-0.39, 0.29) is 28.8 Å². The number of rotatable bonds is 3. The number of aromatic nitrogens is 2. The van der Waals surface area contributed by atoms with Gasteiger partial charge in [0.2, 0.25) is 0 Å². The number of hydrogen-bond acceptors (Lipinski definition) is 8. The molecule has 0 bridgehead atoms. The molecule has 4 rings (SSSR count). The summed E-state index contributed by atoms with van der Waals surface area (Å²) in [5.41, 5.74) is 11.4. The van der Waals surface area contributed by atoms with E-state index in [1.54, 1.807) is 49.9 Å². The number of aliphatic imine (C=N–C) groups is 1. The first kappa shape index (κ1) is 26.6. The van der Waals surface area contributed by atoms with Crippen molar-refractivity contribution in [3.8, 4) is 0 Å². The minimum atomic E-state index is -0.627. The number of nitrogens with two attached hydrogens (primary N) is 2. The molecular weight excluding hydrogens is 591 g/mol. The van der Waals surface area contributed by atoms with Crippen LogP contribution in [0.1, 0.15) is 64.8 Å². The molecule has 1 spiro atoms. The smallest absolute Gasteiger partial charge is 0.338 e. The van der Waals surface area contributed by atoms with Crippen LogP contribution in [0.15, 0.2) is 29.3 Å². The van der Waals surface area contributed by atoms with Gasteiger partial charge in [-0.05, 0) is 80.5 Å². The summed E-state index contributed by atoms with van der Waals surface area (Å²) in [5, 5.41) is 6.43. The van der Waals surface area contributed by atoms with Crippen molar-refractivity contribution in [2.75, 3.05) is 31.1 Å². The highest BCUT2D eigenvalue weighted by atomic mass is 127. The second-order valence-corrected chi connectivity index (χ2v) is 11.1. The highest BCUT2D eigenvalue weighted by molar-refractivity contribution is 14.1. The zero-order valence-corrected chi connectivity index (χ0v) is 23.0. The Labute approximate surface area is 227 Å². The third-order valence-electron chi connectivity index (χ3n) is 6.07. The number of nitrogens with one attached hydrogen (secondary N) is 2. The van der Waals surface area contributed by atoms with Gasteiger partial charge >= 0.3 is 11.9 Å². The molecule has 13 heteroatoms. The van der Waals surface area contributed by atoms with E-state index in [9.17, 15) is 14.4 Å². The Hall–Kier alpha value is -3.49. The highest BCUT2D eigenvalue weighted by Gasteiger charge is 2.41. The number of esters is 1. The lowest BCUT2D eigenvalue weighted by molar-refractivity contribution is 0.00690. The molecule has 12 nitrogen and oxygen atoms in total. The summed E-state index contributed by atoms with van der Waals surface area (Å²) < 4.78 is 5.74. The van der Waals surface area contributed by atoms with Crippen LogP contribution in [0.2, 0.25) is 0 Å². The molecule has 37 heavy (non-hydrogen) atoms. The first-order valence-electron chi connectivity index (χ1n) is 11.7. The average molecular weight is 620 g/mol. The molecule has 0 atom stereocenters. The lowest BCUT2D eigenvalue weighted by Crippen LogP contribution is -2.53. The summed E-state index contributed by atoms with van der Waals surface area (Å²) in [5.74, 6) is -0.756. The molecule has 1 aromatic heterocycles. The predicted octanol–water partition coefficient (Wildman–Crippen LogP) is 1.56. The maximum absolute atomic E-state index is 13.0. The van der Waals surface area contributed by atoms with E-state index >= 15 is 0 Å². The Morgan fingerprint density at radius 1 is 1.05 bits per heavy atom. The number of ether oxygens (including phenoxy) is 1. The molecule has 2 aromatic rings. The Bertz CT molecular complexity index is 1260. The lowest BCUT2D eigenvalue weighted by atomic mass is 9.88.